The Hall–Kier alpha value is -2.80. The number of carbonyl (C=O) groups is 4. The van der Waals surface area contributed by atoms with Crippen molar-refractivity contribution >= 4 is 39.4 Å². The number of hydrogen-bond donors (Lipinski definition) is 0. The molecule has 0 unspecified atom stereocenters. The van der Waals surface area contributed by atoms with Gasteiger partial charge in [0, 0.05) is 35.9 Å². The summed E-state index contributed by atoms with van der Waals surface area (Å²) in [5.41, 5.74) is 0.676. The van der Waals surface area contributed by atoms with Crippen LogP contribution in [0.3, 0.4) is 0 Å². The molecule has 2 aromatic carbocycles. The molecule has 0 atom stereocenters. The number of hydrogen-bond acceptors (Lipinski definition) is 6. The fraction of sp³-hybridized carbons (Fsp3) is 0.158. The lowest BCUT2D eigenvalue weighted by atomic mass is 9.82. The summed E-state index contributed by atoms with van der Waals surface area (Å²) in [4.78, 5) is 49.1. The van der Waals surface area contributed by atoms with Gasteiger partial charge in [0.2, 0.25) is 0 Å². The van der Waals surface area contributed by atoms with Crippen LogP contribution >= 0.6 is 15.9 Å². The van der Waals surface area contributed by atoms with Crippen LogP contribution in [0.25, 0.3) is 0 Å². The molecular formula is C19H13BrO6. The van der Waals surface area contributed by atoms with Gasteiger partial charge in [0.15, 0.2) is 11.6 Å². The molecule has 0 heterocycles. The number of esters is 2. The van der Waals surface area contributed by atoms with E-state index in [1.54, 1.807) is 12.1 Å². The first kappa shape index (κ1) is 18.0. The van der Waals surface area contributed by atoms with Crippen LogP contribution in [-0.4, -0.2) is 23.5 Å². The van der Waals surface area contributed by atoms with Crippen LogP contribution in [0.1, 0.15) is 51.3 Å². The van der Waals surface area contributed by atoms with Crippen LogP contribution in [0.4, 0.5) is 0 Å². The van der Waals surface area contributed by atoms with Crippen LogP contribution in [0, 0.1) is 0 Å². The summed E-state index contributed by atoms with van der Waals surface area (Å²) in [6.07, 6.45) is 0. The minimum absolute atomic E-state index is 0.00636. The van der Waals surface area contributed by atoms with E-state index in [0.29, 0.717) is 5.56 Å². The molecule has 132 valence electrons. The van der Waals surface area contributed by atoms with Gasteiger partial charge in [0.25, 0.3) is 0 Å². The van der Waals surface area contributed by atoms with Crippen molar-refractivity contribution in [2.75, 3.05) is 0 Å². The van der Waals surface area contributed by atoms with Gasteiger partial charge in [-0.3, -0.25) is 19.2 Å². The summed E-state index contributed by atoms with van der Waals surface area (Å²) in [6.45, 7) is 2.40. The predicted octanol–water partition coefficient (Wildman–Crippen LogP) is 3.21. The Bertz CT molecular complexity index is 976. The second-order valence-corrected chi connectivity index (χ2v) is 6.20. The zero-order valence-electron chi connectivity index (χ0n) is 13.9. The third-order valence-electron chi connectivity index (χ3n) is 3.83. The zero-order chi connectivity index (χ0) is 19.0. The maximum atomic E-state index is 13.1. The molecule has 0 spiro atoms. The van der Waals surface area contributed by atoms with Crippen molar-refractivity contribution in [3.8, 4) is 11.5 Å². The Morgan fingerprint density at radius 2 is 1.46 bits per heavy atom. The monoisotopic (exact) mass is 416 g/mol. The molecule has 0 radical (unpaired) electrons. The first-order valence-corrected chi connectivity index (χ1v) is 8.78. The molecule has 0 fully saturated rings. The number of halogens is 1. The van der Waals surface area contributed by atoms with Crippen molar-refractivity contribution in [1.29, 1.82) is 0 Å². The molecule has 7 heteroatoms. The zero-order valence-corrected chi connectivity index (χ0v) is 15.5. The third-order valence-corrected chi connectivity index (χ3v) is 4.44. The minimum atomic E-state index is -0.632. The number of carbonyl (C=O) groups excluding carboxylic acids is 4. The second kappa shape index (κ2) is 6.84. The summed E-state index contributed by atoms with van der Waals surface area (Å²) >= 11 is 3.27. The van der Waals surface area contributed by atoms with Gasteiger partial charge in [-0.1, -0.05) is 40.2 Å². The molecule has 0 saturated heterocycles. The standard InChI is InChI=1S/C19H13BrO6/c1-9(21)25-14-7-11(8-20)19(26-10(2)22)16-15(14)17(23)12-5-3-4-6-13(12)18(16)24/h3-7H,8H2,1-2H3. The van der Waals surface area contributed by atoms with Crippen LogP contribution in [0.2, 0.25) is 0 Å². The molecule has 0 aliphatic heterocycles. The van der Waals surface area contributed by atoms with E-state index in [4.69, 9.17) is 9.47 Å². The highest BCUT2D eigenvalue weighted by Crippen LogP contribution is 2.42. The largest absolute Gasteiger partial charge is 0.426 e. The summed E-state index contributed by atoms with van der Waals surface area (Å²) < 4.78 is 10.4. The van der Waals surface area contributed by atoms with Crippen molar-refractivity contribution in [2.24, 2.45) is 0 Å². The topological polar surface area (TPSA) is 86.7 Å². The summed E-state index contributed by atoms with van der Waals surface area (Å²) in [7, 11) is 0. The Morgan fingerprint density at radius 3 is 1.96 bits per heavy atom. The number of ketones is 2. The molecule has 3 rings (SSSR count). The average molecular weight is 417 g/mol. The van der Waals surface area contributed by atoms with Gasteiger partial charge < -0.3 is 9.47 Å². The molecule has 0 aromatic heterocycles. The van der Waals surface area contributed by atoms with E-state index in [1.807, 2.05) is 0 Å². The van der Waals surface area contributed by atoms with Crippen molar-refractivity contribution in [2.45, 2.75) is 19.2 Å². The number of rotatable bonds is 3. The van der Waals surface area contributed by atoms with Crippen LogP contribution in [0.15, 0.2) is 30.3 Å². The maximum absolute atomic E-state index is 13.1. The summed E-state index contributed by atoms with van der Waals surface area (Å²) in [5.74, 6) is -2.25. The van der Waals surface area contributed by atoms with E-state index >= 15 is 0 Å². The first-order chi connectivity index (χ1) is 12.3. The fourth-order valence-corrected chi connectivity index (χ4v) is 3.30. The van der Waals surface area contributed by atoms with Gasteiger partial charge in [-0.05, 0) is 6.07 Å². The van der Waals surface area contributed by atoms with E-state index in [0.717, 1.165) is 0 Å². The van der Waals surface area contributed by atoms with Crippen molar-refractivity contribution in [3.05, 3.63) is 58.1 Å². The molecule has 0 amide bonds. The van der Waals surface area contributed by atoms with E-state index < -0.39 is 23.5 Å². The van der Waals surface area contributed by atoms with E-state index in [2.05, 4.69) is 15.9 Å². The Labute approximate surface area is 157 Å². The SMILES string of the molecule is CC(=O)Oc1cc(CBr)c(OC(C)=O)c2c1C(=O)c1ccccc1C2=O. The summed E-state index contributed by atoms with van der Waals surface area (Å²) in [5, 5.41) is 0.222. The lowest BCUT2D eigenvalue weighted by molar-refractivity contribution is -0.133. The van der Waals surface area contributed by atoms with Crippen LogP contribution < -0.4 is 9.47 Å². The minimum Gasteiger partial charge on any atom is -0.426 e. The molecule has 26 heavy (non-hydrogen) atoms. The maximum Gasteiger partial charge on any atom is 0.308 e. The summed E-state index contributed by atoms with van der Waals surface area (Å²) in [6, 6.07) is 7.76. The van der Waals surface area contributed by atoms with Gasteiger partial charge in [-0.2, -0.15) is 0 Å². The highest BCUT2D eigenvalue weighted by molar-refractivity contribution is 9.08. The van der Waals surface area contributed by atoms with Crippen molar-refractivity contribution in [1.82, 2.24) is 0 Å². The average Bonchev–Trinajstić information content (AvgIpc) is 2.59. The molecule has 1 aliphatic carbocycles. The Morgan fingerprint density at radius 1 is 0.923 bits per heavy atom. The quantitative estimate of drug-likeness (QED) is 0.370. The molecule has 0 saturated carbocycles. The lowest BCUT2D eigenvalue weighted by Crippen LogP contribution is -2.24. The fourth-order valence-electron chi connectivity index (χ4n) is 2.88. The number of fused-ring (bicyclic) bond motifs is 2. The normalized spacial score (nSPS) is 12.3. The van der Waals surface area contributed by atoms with E-state index in [-0.39, 0.29) is 39.1 Å². The van der Waals surface area contributed by atoms with Gasteiger partial charge in [0.05, 0.1) is 11.1 Å². The van der Waals surface area contributed by atoms with Crippen molar-refractivity contribution in [3.63, 3.8) is 0 Å². The highest BCUT2D eigenvalue weighted by Gasteiger charge is 2.37. The van der Waals surface area contributed by atoms with Gasteiger partial charge in [-0.15, -0.1) is 0 Å². The Balaban J connectivity index is 2.38. The lowest BCUT2D eigenvalue weighted by Gasteiger charge is -2.23. The molecular weight excluding hydrogens is 404 g/mol. The smallest absolute Gasteiger partial charge is 0.308 e. The number of alkyl halides is 1. The third kappa shape index (κ3) is 2.94. The van der Waals surface area contributed by atoms with Gasteiger partial charge in [-0.25, -0.2) is 0 Å². The van der Waals surface area contributed by atoms with E-state index in [9.17, 15) is 19.2 Å². The predicted molar refractivity (Wildman–Crippen MR) is 95.0 cm³/mol. The van der Waals surface area contributed by atoms with E-state index in [1.165, 1.54) is 32.0 Å². The van der Waals surface area contributed by atoms with Gasteiger partial charge in [0.1, 0.15) is 11.5 Å². The molecule has 0 bridgehead atoms. The highest BCUT2D eigenvalue weighted by atomic mass is 79.9. The van der Waals surface area contributed by atoms with Crippen LogP contribution in [0.5, 0.6) is 11.5 Å². The van der Waals surface area contributed by atoms with Crippen LogP contribution in [-0.2, 0) is 14.9 Å². The first-order valence-electron chi connectivity index (χ1n) is 7.66. The second-order valence-electron chi connectivity index (χ2n) is 5.64. The molecule has 0 N–H and O–H groups in total. The molecule has 6 nitrogen and oxygen atoms in total. The van der Waals surface area contributed by atoms with Gasteiger partial charge >= 0.3 is 11.9 Å². The number of ether oxygens (including phenoxy) is 2. The molecule has 1 aliphatic rings. The molecule has 2 aromatic rings. The number of benzene rings is 2. The van der Waals surface area contributed by atoms with Crippen molar-refractivity contribution < 1.29 is 28.7 Å². The Kier molecular flexibility index (Phi) is 4.73.